The van der Waals surface area contributed by atoms with Crippen molar-refractivity contribution in [2.24, 2.45) is 0 Å². The first kappa shape index (κ1) is 17.9. The Morgan fingerprint density at radius 1 is 1.04 bits per heavy atom. The van der Waals surface area contributed by atoms with Crippen LogP contribution < -0.4 is 4.74 Å². The summed E-state index contributed by atoms with van der Waals surface area (Å²) in [5.41, 5.74) is 2.02. The highest BCUT2D eigenvalue weighted by molar-refractivity contribution is 7.99. The number of carbonyl (C=O) groups excluding carboxylic acids is 2. The highest BCUT2D eigenvalue weighted by atomic mass is 32.2. The van der Waals surface area contributed by atoms with Crippen molar-refractivity contribution in [2.75, 3.05) is 19.5 Å². The highest BCUT2D eigenvalue weighted by Gasteiger charge is 2.11. The van der Waals surface area contributed by atoms with E-state index >= 15 is 0 Å². The van der Waals surface area contributed by atoms with Gasteiger partial charge in [-0.25, -0.2) is 4.98 Å². The lowest BCUT2D eigenvalue weighted by Crippen LogP contribution is -2.15. The van der Waals surface area contributed by atoms with Crippen LogP contribution in [0.3, 0.4) is 0 Å². The Balaban J connectivity index is 1.49. The second kappa shape index (κ2) is 8.44. The zero-order valence-electron chi connectivity index (χ0n) is 14.0. The minimum atomic E-state index is -0.480. The molecule has 0 unspecified atom stereocenters. The van der Waals surface area contributed by atoms with Crippen LogP contribution in [0.2, 0.25) is 0 Å². The lowest BCUT2D eigenvalue weighted by atomic mass is 10.1. The number of benzene rings is 2. The van der Waals surface area contributed by atoms with Crippen molar-refractivity contribution in [1.29, 1.82) is 0 Å². The number of thioether (sulfide) groups is 1. The van der Waals surface area contributed by atoms with Crippen LogP contribution in [0.5, 0.6) is 5.75 Å². The first-order valence-corrected chi connectivity index (χ1v) is 8.82. The Labute approximate surface area is 154 Å². The Hall–Kier alpha value is -2.93. The molecule has 3 aromatic rings. The van der Waals surface area contributed by atoms with Gasteiger partial charge in [-0.15, -0.1) is 0 Å². The summed E-state index contributed by atoms with van der Waals surface area (Å²) in [6.07, 6.45) is 1.61. The molecule has 0 radical (unpaired) electrons. The van der Waals surface area contributed by atoms with Gasteiger partial charge in [-0.3, -0.25) is 14.6 Å². The van der Waals surface area contributed by atoms with Crippen LogP contribution in [-0.4, -0.2) is 41.2 Å². The van der Waals surface area contributed by atoms with Crippen LogP contribution in [0.25, 0.3) is 11.0 Å². The van der Waals surface area contributed by atoms with Gasteiger partial charge in [0.1, 0.15) is 10.8 Å². The molecule has 0 atom stereocenters. The van der Waals surface area contributed by atoms with E-state index in [1.165, 1.54) is 11.8 Å². The maximum Gasteiger partial charge on any atom is 0.316 e. The molecule has 0 spiro atoms. The number of methoxy groups -OCH3 is 1. The molecule has 7 heteroatoms. The molecule has 0 fully saturated rings. The van der Waals surface area contributed by atoms with E-state index in [1.807, 2.05) is 24.3 Å². The number of nitrogens with zero attached hydrogens (tertiary/aromatic N) is 2. The van der Waals surface area contributed by atoms with Crippen LogP contribution in [-0.2, 0) is 9.53 Å². The normalized spacial score (nSPS) is 10.5. The molecule has 3 rings (SSSR count). The average Bonchev–Trinajstić information content (AvgIpc) is 2.70. The smallest absolute Gasteiger partial charge is 0.316 e. The van der Waals surface area contributed by atoms with Gasteiger partial charge in [0.2, 0.25) is 0 Å². The molecule has 0 amide bonds. The van der Waals surface area contributed by atoms with E-state index in [0.29, 0.717) is 16.3 Å². The summed E-state index contributed by atoms with van der Waals surface area (Å²) in [6.45, 7) is -0.297. The summed E-state index contributed by atoms with van der Waals surface area (Å²) in [5, 5.41) is 0.627. The van der Waals surface area contributed by atoms with Crippen molar-refractivity contribution in [1.82, 2.24) is 9.97 Å². The summed E-state index contributed by atoms with van der Waals surface area (Å²) in [6, 6.07) is 14.1. The zero-order valence-corrected chi connectivity index (χ0v) is 14.9. The summed E-state index contributed by atoms with van der Waals surface area (Å²) in [4.78, 5) is 32.6. The van der Waals surface area contributed by atoms with Crippen molar-refractivity contribution in [2.45, 2.75) is 5.03 Å². The van der Waals surface area contributed by atoms with Gasteiger partial charge in [0.25, 0.3) is 0 Å². The molecular formula is C19H16N2O4S. The fraction of sp³-hybridized carbons (Fsp3) is 0.158. The fourth-order valence-corrected chi connectivity index (χ4v) is 2.83. The Morgan fingerprint density at radius 3 is 2.50 bits per heavy atom. The number of fused-ring (bicyclic) bond motifs is 1. The van der Waals surface area contributed by atoms with E-state index in [4.69, 9.17) is 9.47 Å². The lowest BCUT2D eigenvalue weighted by molar-refractivity contribution is -0.139. The number of esters is 1. The second-order valence-electron chi connectivity index (χ2n) is 5.30. The van der Waals surface area contributed by atoms with E-state index in [-0.39, 0.29) is 18.1 Å². The molecule has 0 aliphatic heterocycles. The number of ether oxygens (including phenoxy) is 2. The van der Waals surface area contributed by atoms with Crippen LogP contribution in [0.4, 0.5) is 0 Å². The number of ketones is 1. The third kappa shape index (κ3) is 4.58. The summed E-state index contributed by atoms with van der Waals surface area (Å²) in [5.74, 6) is -0.0297. The zero-order chi connectivity index (χ0) is 18.4. The largest absolute Gasteiger partial charge is 0.497 e. The number of para-hydroxylation sites is 2. The van der Waals surface area contributed by atoms with Crippen LogP contribution in [0, 0.1) is 0 Å². The van der Waals surface area contributed by atoms with Crippen molar-refractivity contribution < 1.29 is 19.1 Å². The maximum absolute atomic E-state index is 12.0. The van der Waals surface area contributed by atoms with E-state index in [0.717, 1.165) is 11.0 Å². The van der Waals surface area contributed by atoms with Gasteiger partial charge in [0.15, 0.2) is 12.4 Å². The topological polar surface area (TPSA) is 78.4 Å². The monoisotopic (exact) mass is 368 g/mol. The molecule has 0 aliphatic rings. The Morgan fingerprint density at radius 2 is 1.77 bits per heavy atom. The molecule has 0 aliphatic carbocycles. The van der Waals surface area contributed by atoms with Crippen molar-refractivity contribution >= 4 is 34.5 Å². The molecule has 6 nitrogen and oxygen atoms in total. The summed E-state index contributed by atoms with van der Waals surface area (Å²) < 4.78 is 10.1. The Kier molecular flexibility index (Phi) is 5.80. The van der Waals surface area contributed by atoms with Crippen molar-refractivity contribution in [3.63, 3.8) is 0 Å². The molecule has 0 saturated heterocycles. The molecule has 0 N–H and O–H groups in total. The van der Waals surface area contributed by atoms with Gasteiger partial charge in [-0.2, -0.15) is 0 Å². The quantitative estimate of drug-likeness (QED) is 0.360. The predicted octanol–water partition coefficient (Wildman–Crippen LogP) is 3.16. The number of hydrogen-bond donors (Lipinski definition) is 0. The molecule has 1 aromatic heterocycles. The van der Waals surface area contributed by atoms with Gasteiger partial charge >= 0.3 is 5.97 Å². The molecular weight excluding hydrogens is 352 g/mol. The fourth-order valence-electron chi connectivity index (χ4n) is 2.19. The Bertz CT molecular complexity index is 928. The van der Waals surface area contributed by atoms with Gasteiger partial charge in [0.05, 0.1) is 30.1 Å². The van der Waals surface area contributed by atoms with Gasteiger partial charge in [-0.05, 0) is 36.4 Å². The minimum Gasteiger partial charge on any atom is -0.497 e. The minimum absolute atomic E-state index is 0.0584. The summed E-state index contributed by atoms with van der Waals surface area (Å²) >= 11 is 1.22. The van der Waals surface area contributed by atoms with Crippen molar-refractivity contribution in [3.8, 4) is 5.75 Å². The van der Waals surface area contributed by atoms with Crippen LogP contribution >= 0.6 is 11.8 Å². The number of rotatable bonds is 7. The molecule has 26 heavy (non-hydrogen) atoms. The third-order valence-electron chi connectivity index (χ3n) is 3.54. The van der Waals surface area contributed by atoms with Crippen molar-refractivity contribution in [3.05, 3.63) is 60.3 Å². The highest BCUT2D eigenvalue weighted by Crippen LogP contribution is 2.18. The predicted molar refractivity (Wildman–Crippen MR) is 98.5 cm³/mol. The van der Waals surface area contributed by atoms with Gasteiger partial charge in [0, 0.05) is 5.56 Å². The van der Waals surface area contributed by atoms with Crippen LogP contribution in [0.1, 0.15) is 10.4 Å². The molecule has 1 heterocycles. The maximum atomic E-state index is 12.0. The number of Topliss-reactive ketones (excluding diaryl/α,β-unsaturated/α-hetero) is 1. The van der Waals surface area contributed by atoms with E-state index in [9.17, 15) is 9.59 Å². The average molecular weight is 368 g/mol. The third-order valence-corrected chi connectivity index (χ3v) is 4.41. The first-order chi connectivity index (χ1) is 12.7. The van der Waals surface area contributed by atoms with Gasteiger partial charge < -0.3 is 9.47 Å². The second-order valence-corrected chi connectivity index (χ2v) is 6.29. The molecule has 132 valence electrons. The summed E-state index contributed by atoms with van der Waals surface area (Å²) in [7, 11) is 1.55. The van der Waals surface area contributed by atoms with Gasteiger partial charge in [-0.1, -0.05) is 23.9 Å². The number of carbonyl (C=O) groups is 2. The first-order valence-electron chi connectivity index (χ1n) is 7.83. The number of aromatic nitrogens is 2. The molecule has 2 aromatic carbocycles. The number of hydrogen-bond acceptors (Lipinski definition) is 7. The standard InChI is InChI=1S/C19H16N2O4S/c1-24-14-8-6-13(7-9-14)17(22)11-25-19(23)12-26-18-10-20-15-4-2-3-5-16(15)21-18/h2-10H,11-12H2,1H3. The molecule has 0 saturated carbocycles. The van der Waals surface area contributed by atoms with Crippen LogP contribution in [0.15, 0.2) is 59.8 Å². The lowest BCUT2D eigenvalue weighted by Gasteiger charge is -2.05. The SMILES string of the molecule is COc1ccc(C(=O)COC(=O)CSc2cnc3ccccc3n2)cc1. The van der Waals surface area contributed by atoms with E-state index in [2.05, 4.69) is 9.97 Å². The van der Waals surface area contributed by atoms with E-state index < -0.39 is 5.97 Å². The molecule has 0 bridgehead atoms. The van der Waals surface area contributed by atoms with E-state index in [1.54, 1.807) is 37.6 Å².